The molecule has 0 bridgehead atoms. The van der Waals surface area contributed by atoms with Crippen LogP contribution >= 0.6 is 0 Å². The van der Waals surface area contributed by atoms with Crippen molar-refractivity contribution >= 4 is 11.2 Å². The lowest BCUT2D eigenvalue weighted by atomic mass is 10.1. The summed E-state index contributed by atoms with van der Waals surface area (Å²) < 4.78 is 3.78. The minimum absolute atomic E-state index is 0.731. The zero-order chi connectivity index (χ0) is 19.1. The molecule has 7 heteroatoms. The Morgan fingerprint density at radius 3 is 2.64 bits per heavy atom. The molecule has 0 atom stereocenters. The predicted molar refractivity (Wildman–Crippen MR) is 108 cm³/mol. The number of nitrogens with one attached hydrogen (secondary N) is 1. The number of nitrogens with zero attached hydrogens (tertiary/aromatic N) is 6. The van der Waals surface area contributed by atoms with E-state index in [1.165, 1.54) is 5.56 Å². The standard InChI is InChI=1S/C21H19N7/c1-14-17(10-24-27(14)2)19-11-23-21-20(26-19)18(9-22-21)16-8-25-28(13-16)12-15-6-4-3-5-7-15/h3-11,13H,12H2,1-2H3,(H,22,23). The van der Waals surface area contributed by atoms with Gasteiger partial charge in [0.1, 0.15) is 5.52 Å². The van der Waals surface area contributed by atoms with Gasteiger partial charge in [0.25, 0.3) is 0 Å². The average molecular weight is 369 g/mol. The van der Waals surface area contributed by atoms with Gasteiger partial charge < -0.3 is 4.98 Å². The molecule has 28 heavy (non-hydrogen) atoms. The summed E-state index contributed by atoms with van der Waals surface area (Å²) in [5.41, 5.74) is 7.67. The molecule has 1 aromatic carbocycles. The van der Waals surface area contributed by atoms with Crippen molar-refractivity contribution in [3.05, 3.63) is 72.6 Å². The number of aromatic amines is 1. The zero-order valence-electron chi connectivity index (χ0n) is 15.7. The van der Waals surface area contributed by atoms with E-state index in [0.29, 0.717) is 0 Å². The second-order valence-electron chi connectivity index (χ2n) is 6.83. The van der Waals surface area contributed by atoms with Crippen molar-refractivity contribution in [1.29, 1.82) is 0 Å². The number of H-pyrrole nitrogens is 1. The maximum Gasteiger partial charge on any atom is 0.156 e. The Balaban J connectivity index is 1.53. The van der Waals surface area contributed by atoms with Crippen LogP contribution in [-0.4, -0.2) is 34.5 Å². The highest BCUT2D eigenvalue weighted by Crippen LogP contribution is 2.29. The van der Waals surface area contributed by atoms with Gasteiger partial charge in [-0.15, -0.1) is 0 Å². The Labute approximate surface area is 161 Å². The number of benzene rings is 1. The lowest BCUT2D eigenvalue weighted by molar-refractivity contribution is 0.687. The monoisotopic (exact) mass is 369 g/mol. The first-order valence-corrected chi connectivity index (χ1v) is 9.09. The van der Waals surface area contributed by atoms with Crippen molar-refractivity contribution < 1.29 is 0 Å². The average Bonchev–Trinajstić information content (AvgIpc) is 3.42. The normalized spacial score (nSPS) is 11.4. The van der Waals surface area contributed by atoms with Crippen LogP contribution in [0.3, 0.4) is 0 Å². The third-order valence-electron chi connectivity index (χ3n) is 5.02. The fraction of sp³-hybridized carbons (Fsp3) is 0.143. The summed E-state index contributed by atoms with van der Waals surface area (Å²) >= 11 is 0. The van der Waals surface area contributed by atoms with Crippen LogP contribution < -0.4 is 0 Å². The lowest BCUT2D eigenvalue weighted by Crippen LogP contribution is -1.99. The molecule has 138 valence electrons. The van der Waals surface area contributed by atoms with Gasteiger partial charge in [0.05, 0.1) is 30.8 Å². The fourth-order valence-corrected chi connectivity index (χ4v) is 3.35. The molecule has 4 aromatic heterocycles. The van der Waals surface area contributed by atoms with Crippen LogP contribution in [-0.2, 0) is 13.6 Å². The molecule has 0 unspecified atom stereocenters. The predicted octanol–water partition coefficient (Wildman–Crippen LogP) is 3.58. The summed E-state index contributed by atoms with van der Waals surface area (Å²) in [7, 11) is 1.92. The van der Waals surface area contributed by atoms with E-state index in [0.717, 1.165) is 45.8 Å². The van der Waals surface area contributed by atoms with Gasteiger partial charge in [-0.1, -0.05) is 30.3 Å². The van der Waals surface area contributed by atoms with Gasteiger partial charge in [-0.2, -0.15) is 10.2 Å². The van der Waals surface area contributed by atoms with Gasteiger partial charge in [-0.25, -0.2) is 9.97 Å². The number of fused-ring (bicyclic) bond motifs is 1. The molecular formula is C21H19N7. The number of rotatable bonds is 4. The second-order valence-corrected chi connectivity index (χ2v) is 6.83. The van der Waals surface area contributed by atoms with Crippen molar-refractivity contribution in [2.24, 2.45) is 7.05 Å². The Kier molecular flexibility index (Phi) is 3.79. The summed E-state index contributed by atoms with van der Waals surface area (Å²) in [6.07, 6.45) is 9.46. The van der Waals surface area contributed by atoms with E-state index < -0.39 is 0 Å². The molecule has 0 spiro atoms. The SMILES string of the molecule is Cc1c(-c2cnc3[nH]cc(-c4cnn(Cc5ccccc5)c4)c3n2)cnn1C. The minimum atomic E-state index is 0.731. The molecule has 4 heterocycles. The van der Waals surface area contributed by atoms with Crippen LogP contribution in [0.5, 0.6) is 0 Å². The highest BCUT2D eigenvalue weighted by molar-refractivity contribution is 5.91. The molecule has 0 aliphatic heterocycles. The minimum Gasteiger partial charge on any atom is -0.344 e. The van der Waals surface area contributed by atoms with E-state index in [4.69, 9.17) is 4.98 Å². The van der Waals surface area contributed by atoms with Crippen molar-refractivity contribution in [3.63, 3.8) is 0 Å². The van der Waals surface area contributed by atoms with E-state index >= 15 is 0 Å². The van der Waals surface area contributed by atoms with Gasteiger partial charge in [0, 0.05) is 41.8 Å². The van der Waals surface area contributed by atoms with E-state index in [1.54, 1.807) is 6.20 Å². The van der Waals surface area contributed by atoms with Gasteiger partial charge in [0.15, 0.2) is 5.65 Å². The second kappa shape index (κ2) is 6.45. The van der Waals surface area contributed by atoms with Crippen LogP contribution in [0, 0.1) is 6.92 Å². The summed E-state index contributed by atoms with van der Waals surface area (Å²) in [6.45, 7) is 2.76. The van der Waals surface area contributed by atoms with Gasteiger partial charge in [0.2, 0.25) is 0 Å². The molecule has 0 saturated carbocycles. The van der Waals surface area contributed by atoms with E-state index in [1.807, 2.05) is 66.3 Å². The highest BCUT2D eigenvalue weighted by atomic mass is 15.3. The van der Waals surface area contributed by atoms with Crippen molar-refractivity contribution in [3.8, 4) is 22.4 Å². The molecule has 1 N–H and O–H groups in total. The molecule has 0 radical (unpaired) electrons. The van der Waals surface area contributed by atoms with Crippen molar-refractivity contribution in [2.75, 3.05) is 0 Å². The van der Waals surface area contributed by atoms with Crippen LogP contribution in [0.2, 0.25) is 0 Å². The molecule has 5 rings (SSSR count). The van der Waals surface area contributed by atoms with Crippen LogP contribution in [0.25, 0.3) is 33.5 Å². The Hall–Kier alpha value is -3.74. The first-order valence-electron chi connectivity index (χ1n) is 9.09. The van der Waals surface area contributed by atoms with E-state index in [2.05, 4.69) is 32.3 Å². The topological polar surface area (TPSA) is 77.2 Å². The van der Waals surface area contributed by atoms with Gasteiger partial charge >= 0.3 is 0 Å². The largest absolute Gasteiger partial charge is 0.344 e. The number of hydrogen-bond acceptors (Lipinski definition) is 4. The Bertz CT molecular complexity index is 1260. The molecule has 0 amide bonds. The van der Waals surface area contributed by atoms with Crippen LogP contribution in [0.15, 0.2) is 61.3 Å². The first-order chi connectivity index (χ1) is 13.7. The molecule has 5 aromatic rings. The molecular weight excluding hydrogens is 350 g/mol. The fourth-order valence-electron chi connectivity index (χ4n) is 3.35. The summed E-state index contributed by atoms with van der Waals surface area (Å²) in [6, 6.07) is 10.3. The van der Waals surface area contributed by atoms with Gasteiger partial charge in [-0.05, 0) is 12.5 Å². The molecule has 0 fully saturated rings. The molecule has 7 nitrogen and oxygen atoms in total. The first kappa shape index (κ1) is 16.4. The van der Waals surface area contributed by atoms with Crippen molar-refractivity contribution in [2.45, 2.75) is 13.5 Å². The van der Waals surface area contributed by atoms with Gasteiger partial charge in [-0.3, -0.25) is 9.36 Å². The Morgan fingerprint density at radius 2 is 1.86 bits per heavy atom. The maximum absolute atomic E-state index is 4.87. The summed E-state index contributed by atoms with van der Waals surface area (Å²) in [5, 5.41) is 8.83. The highest BCUT2D eigenvalue weighted by Gasteiger charge is 2.14. The van der Waals surface area contributed by atoms with Crippen LogP contribution in [0.4, 0.5) is 0 Å². The quantitative estimate of drug-likeness (QED) is 0.525. The van der Waals surface area contributed by atoms with E-state index in [9.17, 15) is 0 Å². The third-order valence-corrected chi connectivity index (χ3v) is 5.02. The maximum atomic E-state index is 4.87. The number of aromatic nitrogens is 7. The van der Waals surface area contributed by atoms with E-state index in [-0.39, 0.29) is 0 Å². The van der Waals surface area contributed by atoms with Crippen LogP contribution in [0.1, 0.15) is 11.3 Å². The lowest BCUT2D eigenvalue weighted by Gasteiger charge is -2.02. The van der Waals surface area contributed by atoms with Crippen molar-refractivity contribution in [1.82, 2.24) is 34.5 Å². The summed E-state index contributed by atoms with van der Waals surface area (Å²) in [4.78, 5) is 12.6. The molecule has 0 aliphatic rings. The zero-order valence-corrected chi connectivity index (χ0v) is 15.7. The Morgan fingerprint density at radius 1 is 1.00 bits per heavy atom. The third kappa shape index (κ3) is 2.77. The smallest absolute Gasteiger partial charge is 0.156 e. The molecule has 0 aliphatic carbocycles. The number of hydrogen-bond donors (Lipinski definition) is 1. The summed E-state index contributed by atoms with van der Waals surface area (Å²) in [5.74, 6) is 0. The molecule has 0 saturated heterocycles. The number of aryl methyl sites for hydroxylation is 1.